The monoisotopic (exact) mass is 1290 g/mol. The first-order valence-corrected chi connectivity index (χ1v) is 32.1. The van der Waals surface area contributed by atoms with Gasteiger partial charge in [0.05, 0.1) is 41.3 Å². The first-order chi connectivity index (χ1) is 43.9. The molecule has 494 valence electrons. The van der Waals surface area contributed by atoms with Gasteiger partial charge in [-0.2, -0.15) is 5.10 Å². The number of ether oxygens (including phenoxy) is 4. The van der Waals surface area contributed by atoms with Crippen LogP contribution in [0.3, 0.4) is 0 Å². The highest BCUT2D eigenvalue weighted by atomic mass is 32.1. The van der Waals surface area contributed by atoms with Crippen molar-refractivity contribution in [2.75, 3.05) is 49.6 Å². The van der Waals surface area contributed by atoms with Gasteiger partial charge in [0.2, 0.25) is 6.29 Å². The molecule has 3 aromatic carbocycles. The molecule has 5 heterocycles. The van der Waals surface area contributed by atoms with Gasteiger partial charge in [-0.15, -0.1) is 0 Å². The molecule has 0 radical (unpaired) electrons. The Kier molecular flexibility index (Phi) is 19.5. The molecule has 3 aromatic heterocycles. The maximum atomic E-state index is 14.3. The predicted molar refractivity (Wildman–Crippen MR) is 336 cm³/mol. The fraction of sp³-hybridized carbons (Fsp3) is 0.530. The number of carbonyl (C=O) groups is 4. The second-order valence-electron chi connectivity index (χ2n) is 26.6. The average molecular weight is 1290 g/mol. The number of unbranched alkanes of at least 4 members (excludes halogenated alkanes) is 1. The van der Waals surface area contributed by atoms with Gasteiger partial charge in [0.1, 0.15) is 48.7 Å². The maximum absolute atomic E-state index is 14.3. The minimum atomic E-state index is -1.96. The van der Waals surface area contributed by atoms with Crippen LogP contribution in [0.5, 0.6) is 5.75 Å². The number of fused-ring (bicyclic) bond motifs is 2. The summed E-state index contributed by atoms with van der Waals surface area (Å²) in [6.07, 6.45) is -6.26. The number of pyridine rings is 1. The van der Waals surface area contributed by atoms with Crippen LogP contribution < -0.4 is 20.7 Å². The molecule has 25 nitrogen and oxygen atoms in total. The lowest BCUT2D eigenvalue weighted by Gasteiger charge is -2.69. The van der Waals surface area contributed by atoms with Crippen molar-refractivity contribution in [3.05, 3.63) is 118 Å². The molecule has 2 amide bonds. The smallest absolute Gasteiger partial charge is 0.410 e. The van der Waals surface area contributed by atoms with E-state index in [4.69, 9.17) is 34.8 Å². The van der Waals surface area contributed by atoms with Crippen LogP contribution in [-0.4, -0.2) is 189 Å². The Bertz CT molecular complexity index is 3640. The Morgan fingerprint density at radius 3 is 2.37 bits per heavy atom. The molecule has 6 aliphatic rings. The van der Waals surface area contributed by atoms with Gasteiger partial charge < -0.3 is 80.4 Å². The number of aromatic nitrogens is 4. The zero-order valence-electron chi connectivity index (χ0n) is 51.7. The second-order valence-corrected chi connectivity index (χ2v) is 27.7. The van der Waals surface area contributed by atoms with E-state index in [0.29, 0.717) is 85.9 Å². The minimum Gasteiger partial charge on any atom is -0.479 e. The molecule has 12 rings (SSSR count). The van der Waals surface area contributed by atoms with Crippen molar-refractivity contribution in [3.63, 3.8) is 0 Å². The number of aromatic carboxylic acids is 1. The standard InChI is InChI=1S/C66H82N8O17S/c1-37-43(41-16-17-50(70-51(41)58(83)84)73-21-18-39-10-8-11-42(44(39)27-73)57(82)71-61-69-45-12-4-5-13-49(45)92-61)26-68-74(37)36-65-31-63(2)30-64(3,32-65)34-66(33-63,35-65)89-24-23-72(22-19-46(76)52(78)47(77)28-75)62(87)88-29-40-15-14-38(9-6-7-20-67)25-48(40)90-60-55(81)53(79)54(80)56(91-60)59(85)86/h4-5,8,10-17,25-26,46-47,52-56,60,75-81H,6-7,9,18-24,27-36,67H2,1-3H3,(H,83,84)(H,85,86)(H,69,71,82)/t46?,47?,52?,53-,54-,55+,56-,60+,63?,64?,65?,66?/m0/s1. The Morgan fingerprint density at radius 2 is 1.64 bits per heavy atom. The lowest BCUT2D eigenvalue weighted by Crippen LogP contribution is -2.64. The van der Waals surface area contributed by atoms with Gasteiger partial charge in [0.25, 0.3) is 5.91 Å². The van der Waals surface area contributed by atoms with Crippen LogP contribution in [0.4, 0.5) is 15.7 Å². The molecule has 1 saturated heterocycles. The summed E-state index contributed by atoms with van der Waals surface area (Å²) < 4.78 is 27.3. The molecule has 0 spiro atoms. The third-order valence-electron chi connectivity index (χ3n) is 19.1. The summed E-state index contributed by atoms with van der Waals surface area (Å²) in [6.45, 7) is 6.97. The summed E-state index contributed by atoms with van der Waals surface area (Å²) >= 11 is 1.40. The van der Waals surface area contributed by atoms with Crippen molar-refractivity contribution in [3.8, 4) is 16.9 Å². The van der Waals surface area contributed by atoms with Crippen molar-refractivity contribution >= 4 is 56.4 Å². The van der Waals surface area contributed by atoms with Gasteiger partial charge in [-0.1, -0.05) is 61.6 Å². The number of rotatable bonds is 26. The quantitative estimate of drug-likeness (QED) is 0.0312. The Balaban J connectivity index is 0.786. The highest BCUT2D eigenvalue weighted by Crippen LogP contribution is 2.72. The number of aliphatic carboxylic acids is 1. The summed E-state index contributed by atoms with van der Waals surface area (Å²) in [5, 5.41) is 102. The summed E-state index contributed by atoms with van der Waals surface area (Å²) in [4.78, 5) is 65.9. The average Bonchev–Trinajstić information content (AvgIpc) is 0.760. The van der Waals surface area contributed by atoms with E-state index in [-0.39, 0.29) is 65.3 Å². The number of carboxylic acid groups (broad SMARTS) is 2. The Hall–Kier alpha value is -7.21. The number of amides is 2. The Labute approximate surface area is 535 Å². The van der Waals surface area contributed by atoms with Crippen molar-refractivity contribution < 1.29 is 84.1 Å². The molecule has 5 fully saturated rings. The molecule has 26 heteroatoms. The van der Waals surface area contributed by atoms with Gasteiger partial charge in [0.15, 0.2) is 16.9 Å². The molecule has 4 bridgehead atoms. The van der Waals surface area contributed by atoms with E-state index >= 15 is 0 Å². The van der Waals surface area contributed by atoms with Gasteiger partial charge in [-0.05, 0) is 153 Å². The lowest BCUT2D eigenvalue weighted by molar-refractivity contribution is -0.271. The number of carbonyl (C=O) groups excluding carboxylic acids is 2. The molecular weight excluding hydrogens is 1210 g/mol. The number of aliphatic hydroxyl groups excluding tert-OH is 7. The van der Waals surface area contributed by atoms with Crippen molar-refractivity contribution in [2.24, 2.45) is 22.0 Å². The minimum absolute atomic E-state index is 0.0311. The van der Waals surface area contributed by atoms with Gasteiger partial charge in [0, 0.05) is 60.7 Å². The molecule has 2 aliphatic heterocycles. The Morgan fingerprint density at radius 1 is 0.870 bits per heavy atom. The molecule has 10 atom stereocenters. The SMILES string of the molecule is Cc1c(-c2ccc(N3CCc4cccc(C(=O)Nc5nc6ccccc6s5)c4C3)nc2C(=O)O)cnn1CC12CC3(C)CC(C)(C1)CC(OCCN(CCC(O)C(O)C(O)CO)C(=O)OCc1ccc(CCCCN)cc1O[C@@H]1O[C@H](C(=O)O)[C@@H](O)[C@H](O)[C@H]1O)(C3)C2. The third kappa shape index (κ3) is 14.0. The normalized spacial score (nSPS) is 26.7. The van der Waals surface area contributed by atoms with Crippen LogP contribution in [0.1, 0.15) is 120 Å². The highest BCUT2D eigenvalue weighted by molar-refractivity contribution is 7.22. The van der Waals surface area contributed by atoms with Crippen LogP contribution in [0.15, 0.2) is 79.0 Å². The first-order valence-electron chi connectivity index (χ1n) is 31.3. The zero-order valence-corrected chi connectivity index (χ0v) is 52.5. The highest BCUT2D eigenvalue weighted by Gasteiger charge is 2.66. The van der Waals surface area contributed by atoms with E-state index in [1.54, 1.807) is 36.5 Å². The number of carboxylic acids is 2. The van der Waals surface area contributed by atoms with E-state index in [0.717, 1.165) is 64.7 Å². The number of anilines is 2. The molecule has 92 heavy (non-hydrogen) atoms. The van der Waals surface area contributed by atoms with Crippen LogP contribution in [-0.2, 0) is 51.5 Å². The molecular formula is C66H82N8O17S. The topological polar surface area (TPSA) is 375 Å². The lowest BCUT2D eigenvalue weighted by atomic mass is 9.39. The summed E-state index contributed by atoms with van der Waals surface area (Å²) in [6, 6.07) is 22.0. The number of nitrogens with two attached hydrogens (primary N) is 1. The number of hydrogen-bond donors (Lipinski definition) is 11. The maximum Gasteiger partial charge on any atom is 0.410 e. The van der Waals surface area contributed by atoms with E-state index < -0.39 is 85.9 Å². The van der Waals surface area contributed by atoms with E-state index in [1.165, 1.54) is 16.2 Å². The summed E-state index contributed by atoms with van der Waals surface area (Å²) in [5.41, 5.74) is 10.4. The molecule has 6 aromatic rings. The van der Waals surface area contributed by atoms with Crippen molar-refractivity contribution in [2.45, 2.75) is 166 Å². The fourth-order valence-electron chi connectivity index (χ4n) is 15.9. The predicted octanol–water partition coefficient (Wildman–Crippen LogP) is 5.17. The largest absolute Gasteiger partial charge is 0.479 e. The van der Waals surface area contributed by atoms with Gasteiger partial charge in [-0.3, -0.25) is 14.8 Å². The number of nitrogens with one attached hydrogen (secondary N) is 1. The number of aliphatic hydroxyl groups is 7. The summed E-state index contributed by atoms with van der Waals surface area (Å²) in [5.74, 6) is -2.58. The van der Waals surface area contributed by atoms with E-state index in [1.807, 2.05) is 59.0 Å². The molecule has 4 aliphatic carbocycles. The third-order valence-corrected chi connectivity index (χ3v) is 20.1. The van der Waals surface area contributed by atoms with Gasteiger partial charge >= 0.3 is 18.0 Å². The van der Waals surface area contributed by atoms with E-state index in [9.17, 15) is 65.1 Å². The van der Waals surface area contributed by atoms with Crippen LogP contribution in [0, 0.1) is 23.2 Å². The van der Waals surface area contributed by atoms with Crippen LogP contribution >= 0.6 is 11.3 Å². The van der Waals surface area contributed by atoms with Crippen molar-refractivity contribution in [1.82, 2.24) is 24.6 Å². The molecule has 5 unspecified atom stereocenters. The second kappa shape index (κ2) is 27.0. The number of para-hydroxylation sites is 1. The number of thiazole rings is 1. The number of hydrogen-bond acceptors (Lipinski definition) is 21. The van der Waals surface area contributed by atoms with Crippen LogP contribution in [0.25, 0.3) is 21.3 Å². The molecule has 4 saturated carbocycles. The fourth-order valence-corrected chi connectivity index (χ4v) is 16.7. The summed E-state index contributed by atoms with van der Waals surface area (Å²) in [7, 11) is 0. The first kappa shape index (κ1) is 66.3. The number of nitrogens with zero attached hydrogens (tertiary/aromatic N) is 6. The molecule has 12 N–H and O–H groups in total. The van der Waals surface area contributed by atoms with Crippen molar-refractivity contribution in [1.29, 1.82) is 0 Å². The number of benzene rings is 3. The van der Waals surface area contributed by atoms with Gasteiger partial charge in [-0.25, -0.2) is 24.4 Å². The van der Waals surface area contributed by atoms with Crippen LogP contribution in [0.2, 0.25) is 0 Å². The number of aryl methyl sites for hydroxylation is 1. The van der Waals surface area contributed by atoms with E-state index in [2.05, 4.69) is 24.1 Å². The zero-order chi connectivity index (χ0) is 65.4.